The summed E-state index contributed by atoms with van der Waals surface area (Å²) in [6, 6.07) is 8.11. The number of H-pyrrole nitrogens is 1. The fourth-order valence-electron chi connectivity index (χ4n) is 1.49. The van der Waals surface area contributed by atoms with Gasteiger partial charge in [-0.1, -0.05) is 26.0 Å². The third-order valence-corrected chi connectivity index (χ3v) is 2.75. The molecular weight excluding hydrogens is 200 g/mol. The molecular formula is C12H18N4. The summed E-state index contributed by atoms with van der Waals surface area (Å²) in [6.07, 6.45) is 0. The molecule has 16 heavy (non-hydrogen) atoms. The molecule has 1 unspecified atom stereocenters. The van der Waals surface area contributed by atoms with Gasteiger partial charge in [-0.3, -0.25) is 0 Å². The second-order valence-electron chi connectivity index (χ2n) is 4.39. The molecule has 1 heterocycles. The quantitative estimate of drug-likeness (QED) is 0.735. The minimum atomic E-state index is 0.146. The van der Waals surface area contributed by atoms with Crippen molar-refractivity contribution in [2.45, 2.75) is 19.9 Å². The number of hydrogen-bond acceptors (Lipinski definition) is 3. The number of benzene rings is 1. The molecule has 2 aromatic rings. The molecule has 0 radical (unpaired) electrons. The van der Waals surface area contributed by atoms with Crippen LogP contribution < -0.4 is 11.1 Å². The SMILES string of the molecule is CC(C)C(N)CNc1nc2ccccc2[nH]1. The van der Waals surface area contributed by atoms with Crippen molar-refractivity contribution in [3.05, 3.63) is 24.3 Å². The average Bonchev–Trinajstić information content (AvgIpc) is 2.68. The van der Waals surface area contributed by atoms with Gasteiger partial charge in [0.25, 0.3) is 0 Å². The zero-order chi connectivity index (χ0) is 11.5. The molecule has 1 atom stereocenters. The van der Waals surface area contributed by atoms with E-state index in [2.05, 4.69) is 29.1 Å². The van der Waals surface area contributed by atoms with Gasteiger partial charge in [-0.15, -0.1) is 0 Å². The molecule has 1 aromatic heterocycles. The minimum absolute atomic E-state index is 0.146. The molecule has 0 saturated carbocycles. The van der Waals surface area contributed by atoms with Crippen molar-refractivity contribution in [1.29, 1.82) is 0 Å². The van der Waals surface area contributed by atoms with E-state index in [-0.39, 0.29) is 6.04 Å². The Bertz CT molecular complexity index is 428. The van der Waals surface area contributed by atoms with E-state index in [1.54, 1.807) is 0 Å². The average molecular weight is 218 g/mol. The van der Waals surface area contributed by atoms with Crippen molar-refractivity contribution >= 4 is 17.0 Å². The summed E-state index contributed by atoms with van der Waals surface area (Å²) in [6.45, 7) is 4.97. The first-order chi connectivity index (χ1) is 7.66. The van der Waals surface area contributed by atoms with Crippen LogP contribution in [-0.4, -0.2) is 22.6 Å². The Balaban J connectivity index is 2.05. The Labute approximate surface area is 95.3 Å². The van der Waals surface area contributed by atoms with Crippen molar-refractivity contribution in [2.75, 3.05) is 11.9 Å². The van der Waals surface area contributed by atoms with Gasteiger partial charge in [0.05, 0.1) is 11.0 Å². The van der Waals surface area contributed by atoms with Gasteiger partial charge in [0.2, 0.25) is 5.95 Å². The molecule has 0 saturated heterocycles. The molecule has 0 aliphatic carbocycles. The van der Waals surface area contributed by atoms with Gasteiger partial charge < -0.3 is 16.0 Å². The Kier molecular flexibility index (Phi) is 3.10. The maximum atomic E-state index is 5.95. The number of nitrogens with two attached hydrogens (primary N) is 1. The van der Waals surface area contributed by atoms with Crippen LogP contribution >= 0.6 is 0 Å². The lowest BCUT2D eigenvalue weighted by Crippen LogP contribution is -2.34. The van der Waals surface area contributed by atoms with Gasteiger partial charge >= 0.3 is 0 Å². The lowest BCUT2D eigenvalue weighted by atomic mass is 10.1. The molecule has 1 aromatic carbocycles. The molecule has 0 bridgehead atoms. The third kappa shape index (κ3) is 2.33. The second kappa shape index (κ2) is 4.53. The Hall–Kier alpha value is -1.55. The zero-order valence-electron chi connectivity index (χ0n) is 9.70. The summed E-state index contributed by atoms with van der Waals surface area (Å²) in [5.41, 5.74) is 7.97. The highest BCUT2D eigenvalue weighted by atomic mass is 15.1. The number of hydrogen-bond donors (Lipinski definition) is 3. The summed E-state index contributed by atoms with van der Waals surface area (Å²) < 4.78 is 0. The summed E-state index contributed by atoms with van der Waals surface area (Å²) >= 11 is 0. The van der Waals surface area contributed by atoms with E-state index in [1.165, 1.54) is 0 Å². The van der Waals surface area contributed by atoms with Crippen LogP contribution in [0.5, 0.6) is 0 Å². The van der Waals surface area contributed by atoms with E-state index in [4.69, 9.17) is 5.73 Å². The summed E-state index contributed by atoms with van der Waals surface area (Å²) in [5, 5.41) is 3.22. The molecule has 4 nitrogen and oxygen atoms in total. The molecule has 0 aliphatic rings. The number of nitrogens with one attached hydrogen (secondary N) is 2. The first-order valence-electron chi connectivity index (χ1n) is 5.61. The van der Waals surface area contributed by atoms with Crippen molar-refractivity contribution in [2.24, 2.45) is 11.7 Å². The maximum absolute atomic E-state index is 5.95. The minimum Gasteiger partial charge on any atom is -0.354 e. The molecule has 0 spiro atoms. The molecule has 86 valence electrons. The molecule has 4 N–H and O–H groups in total. The number of para-hydroxylation sites is 2. The number of fused-ring (bicyclic) bond motifs is 1. The van der Waals surface area contributed by atoms with E-state index in [9.17, 15) is 0 Å². The lowest BCUT2D eigenvalue weighted by Gasteiger charge is -2.15. The van der Waals surface area contributed by atoms with Gasteiger partial charge in [-0.2, -0.15) is 0 Å². The fourth-order valence-corrected chi connectivity index (χ4v) is 1.49. The number of aromatic nitrogens is 2. The summed E-state index contributed by atoms with van der Waals surface area (Å²) in [7, 11) is 0. The first kappa shape index (κ1) is 11.0. The highest BCUT2D eigenvalue weighted by Gasteiger charge is 2.08. The molecule has 0 amide bonds. The van der Waals surface area contributed by atoms with Gasteiger partial charge in [-0.05, 0) is 18.1 Å². The molecule has 4 heteroatoms. The highest BCUT2D eigenvalue weighted by molar-refractivity contribution is 5.77. The highest BCUT2D eigenvalue weighted by Crippen LogP contribution is 2.13. The maximum Gasteiger partial charge on any atom is 0.201 e. The zero-order valence-corrected chi connectivity index (χ0v) is 9.70. The number of rotatable bonds is 4. The number of imidazole rings is 1. The molecule has 0 aliphatic heterocycles. The van der Waals surface area contributed by atoms with Crippen LogP contribution in [0.4, 0.5) is 5.95 Å². The van der Waals surface area contributed by atoms with Crippen LogP contribution in [0.2, 0.25) is 0 Å². The number of nitrogens with zero attached hydrogens (tertiary/aromatic N) is 1. The van der Waals surface area contributed by atoms with Crippen LogP contribution in [0.25, 0.3) is 11.0 Å². The third-order valence-electron chi connectivity index (χ3n) is 2.75. The van der Waals surface area contributed by atoms with Crippen LogP contribution in [0.3, 0.4) is 0 Å². The fraction of sp³-hybridized carbons (Fsp3) is 0.417. The van der Waals surface area contributed by atoms with Crippen molar-refractivity contribution in [3.63, 3.8) is 0 Å². The normalized spacial score (nSPS) is 13.2. The summed E-state index contributed by atoms with van der Waals surface area (Å²) in [4.78, 5) is 7.63. The Morgan fingerprint density at radius 3 is 2.81 bits per heavy atom. The Morgan fingerprint density at radius 1 is 1.38 bits per heavy atom. The lowest BCUT2D eigenvalue weighted by molar-refractivity contribution is 0.510. The van der Waals surface area contributed by atoms with E-state index >= 15 is 0 Å². The standard InChI is InChI=1S/C12H18N4/c1-8(2)9(13)7-14-12-15-10-5-3-4-6-11(10)16-12/h3-6,8-9H,7,13H2,1-2H3,(H2,14,15,16). The topological polar surface area (TPSA) is 66.7 Å². The Morgan fingerprint density at radius 2 is 2.12 bits per heavy atom. The first-order valence-corrected chi connectivity index (χ1v) is 5.61. The van der Waals surface area contributed by atoms with E-state index in [0.29, 0.717) is 5.92 Å². The van der Waals surface area contributed by atoms with E-state index in [1.807, 2.05) is 24.3 Å². The molecule has 2 rings (SSSR count). The van der Waals surface area contributed by atoms with Crippen LogP contribution in [0.1, 0.15) is 13.8 Å². The van der Waals surface area contributed by atoms with E-state index < -0.39 is 0 Å². The predicted molar refractivity (Wildman–Crippen MR) is 67.4 cm³/mol. The van der Waals surface area contributed by atoms with Crippen LogP contribution in [0.15, 0.2) is 24.3 Å². The summed E-state index contributed by atoms with van der Waals surface area (Å²) in [5.74, 6) is 1.26. The largest absolute Gasteiger partial charge is 0.354 e. The van der Waals surface area contributed by atoms with Gasteiger partial charge in [0.1, 0.15) is 0 Å². The van der Waals surface area contributed by atoms with Crippen molar-refractivity contribution in [1.82, 2.24) is 9.97 Å². The van der Waals surface area contributed by atoms with Crippen LogP contribution in [-0.2, 0) is 0 Å². The smallest absolute Gasteiger partial charge is 0.201 e. The van der Waals surface area contributed by atoms with Gasteiger partial charge in [-0.25, -0.2) is 4.98 Å². The molecule has 0 fully saturated rings. The van der Waals surface area contributed by atoms with Crippen LogP contribution in [0, 0.1) is 5.92 Å². The predicted octanol–water partition coefficient (Wildman–Crippen LogP) is 1.96. The van der Waals surface area contributed by atoms with Gasteiger partial charge in [0.15, 0.2) is 0 Å². The number of aromatic amines is 1. The number of anilines is 1. The second-order valence-corrected chi connectivity index (χ2v) is 4.39. The van der Waals surface area contributed by atoms with Crippen molar-refractivity contribution in [3.8, 4) is 0 Å². The van der Waals surface area contributed by atoms with Gasteiger partial charge in [0, 0.05) is 12.6 Å². The van der Waals surface area contributed by atoms with E-state index in [0.717, 1.165) is 23.5 Å². The van der Waals surface area contributed by atoms with Crippen molar-refractivity contribution < 1.29 is 0 Å². The monoisotopic (exact) mass is 218 g/mol.